The van der Waals surface area contributed by atoms with Gasteiger partial charge in [-0.2, -0.15) is 0 Å². The molecule has 0 atom stereocenters. The van der Waals surface area contributed by atoms with Gasteiger partial charge < -0.3 is 20.4 Å². The number of rotatable bonds is 8. The molecule has 3 amide bonds. The molecule has 0 aliphatic rings. The minimum Gasteiger partial charge on any atom is -0.377 e. The minimum absolute atomic E-state index is 0.0121. The molecule has 0 unspecified atom stereocenters. The Labute approximate surface area is 186 Å². The number of aryl methyl sites for hydroxylation is 1. The number of amides is 3. The highest BCUT2D eigenvalue weighted by Crippen LogP contribution is 2.26. The maximum absolute atomic E-state index is 13.3. The van der Waals surface area contributed by atoms with E-state index in [0.717, 1.165) is 16.8 Å². The molecule has 2 rings (SSSR count). The molecule has 0 spiro atoms. The Bertz CT molecular complexity index is 906. The lowest BCUT2D eigenvalue weighted by Gasteiger charge is -2.28. The fourth-order valence-corrected chi connectivity index (χ4v) is 3.48. The lowest BCUT2D eigenvalue weighted by Crippen LogP contribution is -2.35. The fraction of sp³-hybridized carbons (Fsp3) is 0.440. The Morgan fingerprint density at radius 3 is 2.29 bits per heavy atom. The third kappa shape index (κ3) is 7.31. The van der Waals surface area contributed by atoms with Crippen molar-refractivity contribution in [1.82, 2.24) is 10.2 Å². The normalized spacial score (nSPS) is 10.9. The molecule has 2 N–H and O–H groups in total. The zero-order valence-corrected chi connectivity index (χ0v) is 19.8. The SMILES string of the molecule is Cc1cccc(C(=O)N(Cc2cc(NC(=O)NC(C)C)ccc2N(C)C)CC(C)C)c1. The molecule has 0 aromatic heterocycles. The van der Waals surface area contributed by atoms with Crippen LogP contribution in [0, 0.1) is 12.8 Å². The number of anilines is 2. The summed E-state index contributed by atoms with van der Waals surface area (Å²) in [4.78, 5) is 29.4. The van der Waals surface area contributed by atoms with Crippen molar-refractivity contribution in [1.29, 1.82) is 0 Å². The van der Waals surface area contributed by atoms with Crippen molar-refractivity contribution in [3.63, 3.8) is 0 Å². The number of hydrogen-bond donors (Lipinski definition) is 2. The Morgan fingerprint density at radius 2 is 1.71 bits per heavy atom. The van der Waals surface area contributed by atoms with Crippen molar-refractivity contribution in [3.8, 4) is 0 Å². The van der Waals surface area contributed by atoms with E-state index in [-0.39, 0.29) is 18.0 Å². The van der Waals surface area contributed by atoms with Gasteiger partial charge in [0.2, 0.25) is 0 Å². The molecule has 6 heteroatoms. The van der Waals surface area contributed by atoms with Crippen LogP contribution in [-0.4, -0.2) is 43.5 Å². The predicted octanol–water partition coefficient (Wildman–Crippen LogP) is 4.89. The average Bonchev–Trinajstić information content (AvgIpc) is 2.65. The lowest BCUT2D eigenvalue weighted by atomic mass is 10.1. The minimum atomic E-state index is -0.242. The van der Waals surface area contributed by atoms with Gasteiger partial charge in [-0.1, -0.05) is 31.5 Å². The molecule has 31 heavy (non-hydrogen) atoms. The van der Waals surface area contributed by atoms with Crippen molar-refractivity contribution in [2.75, 3.05) is 30.9 Å². The van der Waals surface area contributed by atoms with Crippen LogP contribution in [0.15, 0.2) is 42.5 Å². The van der Waals surface area contributed by atoms with Gasteiger partial charge in [-0.3, -0.25) is 4.79 Å². The number of benzene rings is 2. The molecule has 0 radical (unpaired) electrons. The van der Waals surface area contributed by atoms with Crippen LogP contribution in [-0.2, 0) is 6.54 Å². The van der Waals surface area contributed by atoms with Gasteiger partial charge in [-0.25, -0.2) is 4.79 Å². The van der Waals surface area contributed by atoms with Crippen molar-refractivity contribution in [3.05, 3.63) is 59.2 Å². The number of nitrogens with zero attached hydrogens (tertiary/aromatic N) is 2. The maximum atomic E-state index is 13.3. The third-order valence-electron chi connectivity index (χ3n) is 4.74. The largest absolute Gasteiger partial charge is 0.377 e. The summed E-state index contributed by atoms with van der Waals surface area (Å²) in [5, 5.41) is 5.73. The second kappa shape index (κ2) is 10.8. The molecule has 168 valence electrons. The first-order valence-electron chi connectivity index (χ1n) is 10.8. The van der Waals surface area contributed by atoms with Crippen molar-refractivity contribution in [2.45, 2.75) is 47.2 Å². The number of nitrogens with one attached hydrogen (secondary N) is 2. The highest BCUT2D eigenvalue weighted by molar-refractivity contribution is 5.94. The van der Waals surface area contributed by atoms with Gasteiger partial charge in [0.1, 0.15) is 0 Å². The van der Waals surface area contributed by atoms with Crippen LogP contribution in [0.25, 0.3) is 0 Å². The van der Waals surface area contributed by atoms with Gasteiger partial charge in [0, 0.05) is 50.2 Å². The van der Waals surface area contributed by atoms with E-state index in [4.69, 9.17) is 0 Å². The van der Waals surface area contributed by atoms with Gasteiger partial charge in [0.15, 0.2) is 0 Å². The standard InChI is InChI=1S/C25H36N4O2/c1-17(2)15-29(24(30)20-10-8-9-19(5)13-20)16-21-14-22(11-12-23(21)28(6)7)27-25(31)26-18(3)4/h8-14,17-18H,15-16H2,1-7H3,(H2,26,27,31). The second-order valence-corrected chi connectivity index (χ2v) is 8.94. The van der Waals surface area contributed by atoms with Crippen LogP contribution < -0.4 is 15.5 Å². The van der Waals surface area contributed by atoms with E-state index in [1.807, 2.05) is 87.1 Å². The number of carbonyl (C=O) groups is 2. The first-order chi connectivity index (χ1) is 14.6. The summed E-state index contributed by atoms with van der Waals surface area (Å²) in [7, 11) is 3.96. The van der Waals surface area contributed by atoms with Crippen LogP contribution in [0.3, 0.4) is 0 Å². The Hall–Kier alpha value is -3.02. The molecule has 6 nitrogen and oxygen atoms in total. The zero-order chi connectivity index (χ0) is 23.1. The third-order valence-corrected chi connectivity index (χ3v) is 4.74. The Balaban J connectivity index is 2.35. The molecule has 0 bridgehead atoms. The highest BCUT2D eigenvalue weighted by Gasteiger charge is 2.20. The molecule has 0 fully saturated rings. The maximum Gasteiger partial charge on any atom is 0.319 e. The molecule has 0 saturated carbocycles. The van der Waals surface area contributed by atoms with E-state index < -0.39 is 0 Å². The topological polar surface area (TPSA) is 64.7 Å². The summed E-state index contributed by atoms with van der Waals surface area (Å²) in [5.41, 5.74) is 4.45. The van der Waals surface area contributed by atoms with E-state index in [0.29, 0.717) is 30.3 Å². The fourth-order valence-electron chi connectivity index (χ4n) is 3.48. The van der Waals surface area contributed by atoms with Gasteiger partial charge in [-0.05, 0) is 62.6 Å². The first kappa shape index (κ1) is 24.3. The lowest BCUT2D eigenvalue weighted by molar-refractivity contribution is 0.0723. The van der Waals surface area contributed by atoms with Crippen LogP contribution in [0.1, 0.15) is 49.2 Å². The Kier molecular flexibility index (Phi) is 8.48. The Morgan fingerprint density at radius 1 is 1.00 bits per heavy atom. The van der Waals surface area contributed by atoms with Crippen LogP contribution in [0.2, 0.25) is 0 Å². The van der Waals surface area contributed by atoms with Gasteiger partial charge in [0.25, 0.3) is 5.91 Å². The van der Waals surface area contributed by atoms with E-state index in [1.165, 1.54) is 0 Å². The molecular weight excluding hydrogens is 388 g/mol. The van der Waals surface area contributed by atoms with Crippen molar-refractivity contribution in [2.24, 2.45) is 5.92 Å². The summed E-state index contributed by atoms with van der Waals surface area (Å²) in [6, 6.07) is 13.3. The molecule has 2 aromatic carbocycles. The quantitative estimate of drug-likeness (QED) is 0.634. The molecule has 0 saturated heterocycles. The van der Waals surface area contributed by atoms with Crippen LogP contribution in [0.5, 0.6) is 0 Å². The summed E-state index contributed by atoms with van der Waals surface area (Å²) < 4.78 is 0. The van der Waals surface area contributed by atoms with Crippen LogP contribution in [0.4, 0.5) is 16.2 Å². The van der Waals surface area contributed by atoms with Crippen LogP contribution >= 0.6 is 0 Å². The van der Waals surface area contributed by atoms with Gasteiger partial charge in [0.05, 0.1) is 0 Å². The molecule has 2 aromatic rings. The monoisotopic (exact) mass is 424 g/mol. The predicted molar refractivity (Wildman–Crippen MR) is 129 cm³/mol. The smallest absolute Gasteiger partial charge is 0.319 e. The van der Waals surface area contributed by atoms with E-state index in [1.54, 1.807) is 0 Å². The second-order valence-electron chi connectivity index (χ2n) is 8.94. The molecule has 0 heterocycles. The zero-order valence-electron chi connectivity index (χ0n) is 19.8. The molecule has 0 aliphatic carbocycles. The first-order valence-corrected chi connectivity index (χ1v) is 10.8. The van der Waals surface area contributed by atoms with Gasteiger partial charge in [-0.15, -0.1) is 0 Å². The molecular formula is C25H36N4O2. The molecule has 0 aliphatic heterocycles. The average molecular weight is 425 g/mol. The summed E-state index contributed by atoms with van der Waals surface area (Å²) in [6.45, 7) is 11.1. The summed E-state index contributed by atoms with van der Waals surface area (Å²) in [5.74, 6) is 0.340. The number of urea groups is 1. The summed E-state index contributed by atoms with van der Waals surface area (Å²) in [6.07, 6.45) is 0. The van der Waals surface area contributed by atoms with E-state index >= 15 is 0 Å². The number of carbonyl (C=O) groups excluding carboxylic acids is 2. The van der Waals surface area contributed by atoms with E-state index in [9.17, 15) is 9.59 Å². The number of hydrogen-bond acceptors (Lipinski definition) is 3. The van der Waals surface area contributed by atoms with Crippen molar-refractivity contribution < 1.29 is 9.59 Å². The summed E-state index contributed by atoms with van der Waals surface area (Å²) >= 11 is 0. The van der Waals surface area contributed by atoms with Gasteiger partial charge >= 0.3 is 6.03 Å². The van der Waals surface area contributed by atoms with Crippen molar-refractivity contribution >= 4 is 23.3 Å². The van der Waals surface area contributed by atoms with E-state index in [2.05, 4.69) is 24.5 Å². The highest BCUT2D eigenvalue weighted by atomic mass is 16.2.